The molecule has 0 spiro atoms. The minimum Gasteiger partial charge on any atom is -0.480 e. The summed E-state index contributed by atoms with van der Waals surface area (Å²) in [7, 11) is 0. The zero-order valence-corrected chi connectivity index (χ0v) is 15.0. The van der Waals surface area contributed by atoms with Crippen LogP contribution in [0.2, 0.25) is 0 Å². The number of rotatable bonds is 4. The number of carboxylic acid groups (broad SMARTS) is 1. The van der Waals surface area contributed by atoms with Gasteiger partial charge in [-0.2, -0.15) is 0 Å². The van der Waals surface area contributed by atoms with Crippen LogP contribution in [0.15, 0.2) is 28.5 Å². The van der Waals surface area contributed by atoms with Gasteiger partial charge in [0.2, 0.25) is 0 Å². The van der Waals surface area contributed by atoms with Crippen LogP contribution in [0.3, 0.4) is 0 Å². The molecule has 0 aliphatic heterocycles. The number of carboxylic acids is 1. The lowest BCUT2D eigenvalue weighted by molar-refractivity contribution is -0.137. The first-order valence-electron chi connectivity index (χ1n) is 8.08. The molecule has 3 rings (SSSR count). The van der Waals surface area contributed by atoms with Crippen LogP contribution < -0.4 is 10.9 Å². The van der Waals surface area contributed by atoms with Gasteiger partial charge in [0, 0.05) is 22.5 Å². The van der Waals surface area contributed by atoms with Crippen LogP contribution in [-0.2, 0) is 24.2 Å². The molecule has 0 radical (unpaired) electrons. The van der Waals surface area contributed by atoms with E-state index in [0.717, 1.165) is 29.4 Å². The van der Waals surface area contributed by atoms with Crippen LogP contribution in [0.4, 0.5) is 5.69 Å². The van der Waals surface area contributed by atoms with Crippen LogP contribution in [0.5, 0.6) is 0 Å². The molecule has 0 bridgehead atoms. The average molecular weight is 360 g/mol. The number of amides is 1. The monoisotopic (exact) mass is 360 g/mol. The standard InChI is InChI=1S/C18H20N2O4S/c1-18(2)6-5-12-13(10-25-14(12)7-18)17(24)19-11-3-4-15(21)20(8-11)9-16(22)23/h3-4,8,10H,5-7,9H2,1-2H3,(H,19,24)(H,22,23). The van der Waals surface area contributed by atoms with Crippen LogP contribution in [0, 0.1) is 5.41 Å². The Morgan fingerprint density at radius 1 is 1.36 bits per heavy atom. The SMILES string of the molecule is CC1(C)CCc2c(C(=O)Nc3ccc(=O)n(CC(=O)O)c3)csc2C1. The van der Waals surface area contributed by atoms with Gasteiger partial charge in [0.15, 0.2) is 0 Å². The summed E-state index contributed by atoms with van der Waals surface area (Å²) < 4.78 is 1.06. The van der Waals surface area contributed by atoms with Crippen LogP contribution >= 0.6 is 11.3 Å². The molecule has 2 N–H and O–H groups in total. The third kappa shape index (κ3) is 3.82. The number of nitrogens with one attached hydrogen (secondary N) is 1. The van der Waals surface area contributed by atoms with Crippen molar-refractivity contribution in [2.45, 2.75) is 39.7 Å². The first-order chi connectivity index (χ1) is 11.7. The molecule has 0 aromatic carbocycles. The molecule has 0 unspecified atom stereocenters. The Bertz CT molecular complexity index is 895. The highest BCUT2D eigenvalue weighted by Crippen LogP contribution is 2.39. The fourth-order valence-electron chi connectivity index (χ4n) is 3.09. The molecule has 132 valence electrons. The summed E-state index contributed by atoms with van der Waals surface area (Å²) in [5.41, 5.74) is 2.03. The van der Waals surface area contributed by atoms with E-state index in [1.54, 1.807) is 11.3 Å². The molecule has 25 heavy (non-hydrogen) atoms. The second-order valence-corrected chi connectivity index (χ2v) is 8.09. The summed E-state index contributed by atoms with van der Waals surface area (Å²) in [4.78, 5) is 36.4. The van der Waals surface area contributed by atoms with Crippen LogP contribution in [0.1, 0.15) is 41.1 Å². The number of fused-ring (bicyclic) bond motifs is 1. The fourth-order valence-corrected chi connectivity index (χ4v) is 4.43. The van der Waals surface area contributed by atoms with Gasteiger partial charge in [0.05, 0.1) is 11.3 Å². The van der Waals surface area contributed by atoms with Crippen molar-refractivity contribution < 1.29 is 14.7 Å². The van der Waals surface area contributed by atoms with Crippen molar-refractivity contribution in [1.82, 2.24) is 4.57 Å². The van der Waals surface area contributed by atoms with Crippen molar-refractivity contribution in [2.75, 3.05) is 5.32 Å². The molecular weight excluding hydrogens is 340 g/mol. The van der Waals surface area contributed by atoms with Crippen molar-refractivity contribution in [3.63, 3.8) is 0 Å². The van der Waals surface area contributed by atoms with Gasteiger partial charge in [-0.15, -0.1) is 11.3 Å². The van der Waals surface area contributed by atoms with E-state index < -0.39 is 18.1 Å². The minimum atomic E-state index is -1.11. The first kappa shape index (κ1) is 17.4. The number of nitrogens with zero attached hydrogens (tertiary/aromatic N) is 1. The van der Waals surface area contributed by atoms with Crippen molar-refractivity contribution in [1.29, 1.82) is 0 Å². The number of carbonyl (C=O) groups is 2. The second-order valence-electron chi connectivity index (χ2n) is 7.12. The lowest BCUT2D eigenvalue weighted by atomic mass is 9.77. The number of aliphatic carboxylic acids is 1. The fraction of sp³-hybridized carbons (Fsp3) is 0.389. The highest BCUT2D eigenvalue weighted by molar-refractivity contribution is 7.10. The van der Waals surface area contributed by atoms with Crippen LogP contribution in [0.25, 0.3) is 0 Å². The summed E-state index contributed by atoms with van der Waals surface area (Å²) in [6.45, 7) is 4.04. The molecule has 2 aromatic rings. The van der Waals surface area contributed by atoms with Crippen molar-refractivity contribution in [3.8, 4) is 0 Å². The topological polar surface area (TPSA) is 88.4 Å². The van der Waals surface area contributed by atoms with E-state index in [4.69, 9.17) is 5.11 Å². The molecule has 0 saturated heterocycles. The predicted molar refractivity (Wildman–Crippen MR) is 96.4 cm³/mol. The average Bonchev–Trinajstić information content (AvgIpc) is 2.91. The summed E-state index contributed by atoms with van der Waals surface area (Å²) >= 11 is 1.61. The Balaban J connectivity index is 1.81. The van der Waals surface area contributed by atoms with Gasteiger partial charge in [-0.05, 0) is 36.3 Å². The molecule has 1 aliphatic carbocycles. The molecule has 6 nitrogen and oxygen atoms in total. The molecule has 0 saturated carbocycles. The van der Waals surface area contributed by atoms with Gasteiger partial charge >= 0.3 is 5.97 Å². The number of hydrogen-bond donors (Lipinski definition) is 2. The van der Waals surface area contributed by atoms with Gasteiger partial charge in [0.1, 0.15) is 6.54 Å². The van der Waals surface area contributed by atoms with E-state index in [2.05, 4.69) is 19.2 Å². The summed E-state index contributed by atoms with van der Waals surface area (Å²) in [6, 6.07) is 2.74. The third-order valence-electron chi connectivity index (χ3n) is 4.46. The highest BCUT2D eigenvalue weighted by atomic mass is 32.1. The molecule has 1 amide bonds. The molecular formula is C18H20N2O4S. The van der Waals surface area contributed by atoms with Crippen molar-refractivity contribution in [3.05, 3.63) is 50.1 Å². The third-order valence-corrected chi connectivity index (χ3v) is 5.49. The van der Waals surface area contributed by atoms with Gasteiger partial charge in [-0.3, -0.25) is 14.4 Å². The number of anilines is 1. The Labute approximate surface area is 149 Å². The normalized spacial score (nSPS) is 15.4. The molecule has 2 aromatic heterocycles. The Morgan fingerprint density at radius 2 is 2.12 bits per heavy atom. The largest absolute Gasteiger partial charge is 0.480 e. The number of hydrogen-bond acceptors (Lipinski definition) is 4. The maximum atomic E-state index is 12.6. The highest BCUT2D eigenvalue weighted by Gasteiger charge is 2.29. The smallest absolute Gasteiger partial charge is 0.323 e. The molecule has 1 aliphatic rings. The number of aromatic nitrogens is 1. The summed E-state index contributed by atoms with van der Waals surface area (Å²) in [5.74, 6) is -1.34. The number of carbonyl (C=O) groups excluding carboxylic acids is 1. The quantitative estimate of drug-likeness (QED) is 0.877. The van der Waals surface area contributed by atoms with E-state index in [-0.39, 0.29) is 11.3 Å². The Kier molecular flexibility index (Phi) is 4.51. The minimum absolute atomic E-state index is 0.224. The second kappa shape index (κ2) is 6.48. The predicted octanol–water partition coefficient (Wildman–Crippen LogP) is 2.76. The Morgan fingerprint density at radius 3 is 2.84 bits per heavy atom. The zero-order valence-electron chi connectivity index (χ0n) is 14.2. The summed E-state index contributed by atoms with van der Waals surface area (Å²) in [5, 5.41) is 13.5. The Hall–Kier alpha value is -2.41. The van der Waals surface area contributed by atoms with E-state index in [1.165, 1.54) is 23.2 Å². The maximum Gasteiger partial charge on any atom is 0.323 e. The summed E-state index contributed by atoms with van der Waals surface area (Å²) in [6.07, 6.45) is 4.26. The van der Waals surface area contributed by atoms with Gasteiger partial charge < -0.3 is 15.0 Å². The van der Waals surface area contributed by atoms with Crippen molar-refractivity contribution in [2.24, 2.45) is 5.41 Å². The van der Waals surface area contributed by atoms with Crippen LogP contribution in [-0.4, -0.2) is 21.6 Å². The van der Waals surface area contributed by atoms with Gasteiger partial charge in [-0.1, -0.05) is 13.8 Å². The first-order valence-corrected chi connectivity index (χ1v) is 8.96. The molecule has 0 fully saturated rings. The van der Waals surface area contributed by atoms with Gasteiger partial charge in [-0.25, -0.2) is 0 Å². The number of thiophene rings is 1. The lowest BCUT2D eigenvalue weighted by Gasteiger charge is -2.29. The maximum absolute atomic E-state index is 12.6. The lowest BCUT2D eigenvalue weighted by Crippen LogP contribution is -2.25. The molecule has 0 atom stereocenters. The molecule has 2 heterocycles. The zero-order chi connectivity index (χ0) is 18.2. The van der Waals surface area contributed by atoms with E-state index in [9.17, 15) is 14.4 Å². The number of pyridine rings is 1. The van der Waals surface area contributed by atoms with Crippen molar-refractivity contribution >= 4 is 28.9 Å². The van der Waals surface area contributed by atoms with Gasteiger partial charge in [0.25, 0.3) is 11.5 Å². The van der Waals surface area contributed by atoms with E-state index >= 15 is 0 Å². The van der Waals surface area contributed by atoms with E-state index in [1.807, 2.05) is 5.38 Å². The molecule has 7 heteroatoms. The van der Waals surface area contributed by atoms with E-state index in [0.29, 0.717) is 11.3 Å².